The Labute approximate surface area is 107 Å². The summed E-state index contributed by atoms with van der Waals surface area (Å²) in [6, 6.07) is 11.4. The Hall–Kier alpha value is -2.03. The Morgan fingerprint density at radius 3 is 2.33 bits per heavy atom. The second-order valence-corrected chi connectivity index (χ2v) is 4.22. The molecule has 0 aliphatic carbocycles. The summed E-state index contributed by atoms with van der Waals surface area (Å²) in [6.07, 6.45) is 0. The van der Waals surface area contributed by atoms with Crippen molar-refractivity contribution in [1.82, 2.24) is 0 Å². The average molecular weight is 243 g/mol. The predicted octanol–water partition coefficient (Wildman–Crippen LogP) is 3.38. The molecular formula is C15H17NO2. The lowest BCUT2D eigenvalue weighted by molar-refractivity contribution is 0.0697. The monoisotopic (exact) mass is 243 g/mol. The van der Waals surface area contributed by atoms with E-state index >= 15 is 0 Å². The summed E-state index contributed by atoms with van der Waals surface area (Å²) in [5.41, 5.74) is 1.47. The minimum Gasteiger partial charge on any atom is -0.478 e. The Bertz CT molecular complexity index is 574. The zero-order chi connectivity index (χ0) is 13.1. The molecule has 2 aromatic rings. The van der Waals surface area contributed by atoms with Gasteiger partial charge in [-0.3, -0.25) is 0 Å². The molecule has 3 heteroatoms. The maximum Gasteiger partial charge on any atom is 0.335 e. The van der Waals surface area contributed by atoms with Crippen LogP contribution in [0.5, 0.6) is 0 Å². The van der Waals surface area contributed by atoms with E-state index in [1.54, 1.807) is 12.1 Å². The number of carbonyl (C=O) groups is 1. The highest BCUT2D eigenvalue weighted by atomic mass is 16.4. The molecule has 0 atom stereocenters. The highest BCUT2D eigenvalue weighted by Gasteiger charge is 2.06. The van der Waals surface area contributed by atoms with Gasteiger partial charge >= 0.3 is 5.97 Å². The molecule has 0 saturated heterocycles. The SMILES string of the molecule is CCN(CC)c1ccc2ccc(C(=O)O)cc2c1. The molecule has 0 amide bonds. The maximum absolute atomic E-state index is 11.0. The number of hydrogen-bond donors (Lipinski definition) is 1. The van der Waals surface area contributed by atoms with Crippen LogP contribution in [0.2, 0.25) is 0 Å². The molecule has 0 aromatic heterocycles. The first-order valence-corrected chi connectivity index (χ1v) is 6.17. The lowest BCUT2D eigenvalue weighted by Gasteiger charge is -2.21. The number of hydrogen-bond acceptors (Lipinski definition) is 2. The van der Waals surface area contributed by atoms with Crippen LogP contribution < -0.4 is 4.90 Å². The maximum atomic E-state index is 11.0. The summed E-state index contributed by atoms with van der Waals surface area (Å²) < 4.78 is 0. The Kier molecular flexibility index (Phi) is 3.51. The molecule has 2 aromatic carbocycles. The molecule has 0 aliphatic heterocycles. The normalized spacial score (nSPS) is 10.6. The summed E-state index contributed by atoms with van der Waals surface area (Å²) in [6.45, 7) is 6.12. The van der Waals surface area contributed by atoms with Gasteiger partial charge in [0.25, 0.3) is 0 Å². The quantitative estimate of drug-likeness (QED) is 0.894. The molecule has 1 N–H and O–H groups in total. The van der Waals surface area contributed by atoms with Gasteiger partial charge in [0.15, 0.2) is 0 Å². The number of anilines is 1. The second-order valence-electron chi connectivity index (χ2n) is 4.22. The van der Waals surface area contributed by atoms with Crippen molar-refractivity contribution in [2.24, 2.45) is 0 Å². The molecule has 0 fully saturated rings. The van der Waals surface area contributed by atoms with Crippen LogP contribution in [0.3, 0.4) is 0 Å². The fourth-order valence-corrected chi connectivity index (χ4v) is 2.15. The van der Waals surface area contributed by atoms with Crippen molar-refractivity contribution in [3.8, 4) is 0 Å². The van der Waals surface area contributed by atoms with Crippen molar-refractivity contribution in [2.75, 3.05) is 18.0 Å². The van der Waals surface area contributed by atoms with Crippen LogP contribution in [0.25, 0.3) is 10.8 Å². The Balaban J connectivity index is 2.51. The van der Waals surface area contributed by atoms with Gasteiger partial charge in [-0.1, -0.05) is 12.1 Å². The minimum atomic E-state index is -0.884. The minimum absolute atomic E-state index is 0.333. The number of rotatable bonds is 4. The average Bonchev–Trinajstić information content (AvgIpc) is 2.39. The van der Waals surface area contributed by atoms with E-state index in [1.807, 2.05) is 12.1 Å². The van der Waals surface area contributed by atoms with E-state index in [0.29, 0.717) is 5.56 Å². The van der Waals surface area contributed by atoms with Gasteiger partial charge in [0.2, 0.25) is 0 Å². The van der Waals surface area contributed by atoms with Crippen molar-refractivity contribution in [3.05, 3.63) is 42.0 Å². The third kappa shape index (κ3) is 2.30. The van der Waals surface area contributed by atoms with E-state index in [1.165, 1.54) is 0 Å². The summed E-state index contributed by atoms with van der Waals surface area (Å²) >= 11 is 0. The van der Waals surface area contributed by atoms with Gasteiger partial charge in [0.1, 0.15) is 0 Å². The van der Waals surface area contributed by atoms with Crippen LogP contribution in [0.1, 0.15) is 24.2 Å². The fraction of sp³-hybridized carbons (Fsp3) is 0.267. The van der Waals surface area contributed by atoms with Crippen molar-refractivity contribution in [1.29, 1.82) is 0 Å². The third-order valence-corrected chi connectivity index (χ3v) is 3.20. The van der Waals surface area contributed by atoms with Crippen LogP contribution in [0.4, 0.5) is 5.69 Å². The van der Waals surface area contributed by atoms with Gasteiger partial charge in [0, 0.05) is 18.8 Å². The van der Waals surface area contributed by atoms with Gasteiger partial charge < -0.3 is 10.0 Å². The van der Waals surface area contributed by atoms with Crippen LogP contribution in [0.15, 0.2) is 36.4 Å². The van der Waals surface area contributed by atoms with Crippen molar-refractivity contribution in [3.63, 3.8) is 0 Å². The predicted molar refractivity (Wildman–Crippen MR) is 74.5 cm³/mol. The number of aromatic carboxylic acids is 1. The molecule has 0 spiro atoms. The summed E-state index contributed by atoms with van der Waals surface area (Å²) in [4.78, 5) is 13.2. The number of carboxylic acid groups (broad SMARTS) is 1. The van der Waals surface area contributed by atoms with Gasteiger partial charge in [-0.15, -0.1) is 0 Å². The number of carboxylic acids is 1. The summed E-state index contributed by atoms with van der Waals surface area (Å²) in [5, 5.41) is 11.0. The van der Waals surface area contributed by atoms with E-state index < -0.39 is 5.97 Å². The smallest absolute Gasteiger partial charge is 0.335 e. The van der Waals surface area contributed by atoms with Crippen LogP contribution in [-0.4, -0.2) is 24.2 Å². The number of nitrogens with zero attached hydrogens (tertiary/aromatic N) is 1. The summed E-state index contributed by atoms with van der Waals surface area (Å²) in [5.74, 6) is -0.884. The van der Waals surface area contributed by atoms with Gasteiger partial charge in [-0.05, 0) is 48.9 Å². The Morgan fingerprint density at radius 2 is 1.72 bits per heavy atom. The molecule has 18 heavy (non-hydrogen) atoms. The first kappa shape index (κ1) is 12.4. The first-order chi connectivity index (χ1) is 8.65. The molecule has 3 nitrogen and oxygen atoms in total. The van der Waals surface area contributed by atoms with Crippen LogP contribution in [0, 0.1) is 0 Å². The van der Waals surface area contributed by atoms with Crippen molar-refractivity contribution in [2.45, 2.75) is 13.8 Å². The molecular weight excluding hydrogens is 226 g/mol. The van der Waals surface area contributed by atoms with Crippen LogP contribution >= 0.6 is 0 Å². The topological polar surface area (TPSA) is 40.5 Å². The molecule has 0 bridgehead atoms. The lowest BCUT2D eigenvalue weighted by Crippen LogP contribution is -2.21. The third-order valence-electron chi connectivity index (χ3n) is 3.20. The molecule has 0 radical (unpaired) electrons. The summed E-state index contributed by atoms with van der Waals surface area (Å²) in [7, 11) is 0. The fourth-order valence-electron chi connectivity index (χ4n) is 2.15. The van der Waals surface area contributed by atoms with Crippen LogP contribution in [-0.2, 0) is 0 Å². The zero-order valence-corrected chi connectivity index (χ0v) is 10.7. The molecule has 94 valence electrons. The molecule has 2 rings (SSSR count). The molecule has 0 saturated carbocycles. The van der Waals surface area contributed by atoms with E-state index in [9.17, 15) is 4.79 Å². The van der Waals surface area contributed by atoms with E-state index in [4.69, 9.17) is 5.11 Å². The van der Waals surface area contributed by atoms with E-state index in [0.717, 1.165) is 29.5 Å². The van der Waals surface area contributed by atoms with E-state index in [-0.39, 0.29) is 0 Å². The highest BCUT2D eigenvalue weighted by molar-refractivity contribution is 5.95. The van der Waals surface area contributed by atoms with E-state index in [2.05, 4.69) is 30.9 Å². The standard InChI is InChI=1S/C15H17NO2/c1-3-16(4-2)14-8-7-11-5-6-12(15(17)18)9-13(11)10-14/h5-10H,3-4H2,1-2H3,(H,17,18). The second kappa shape index (κ2) is 5.08. The molecule has 0 heterocycles. The number of benzene rings is 2. The first-order valence-electron chi connectivity index (χ1n) is 6.17. The molecule has 0 unspecified atom stereocenters. The Morgan fingerprint density at radius 1 is 1.06 bits per heavy atom. The largest absolute Gasteiger partial charge is 0.478 e. The van der Waals surface area contributed by atoms with Gasteiger partial charge in [-0.25, -0.2) is 4.79 Å². The molecule has 0 aliphatic rings. The van der Waals surface area contributed by atoms with Crippen molar-refractivity contribution >= 4 is 22.4 Å². The van der Waals surface area contributed by atoms with Gasteiger partial charge in [-0.2, -0.15) is 0 Å². The number of fused-ring (bicyclic) bond motifs is 1. The highest BCUT2D eigenvalue weighted by Crippen LogP contribution is 2.23. The van der Waals surface area contributed by atoms with Gasteiger partial charge in [0.05, 0.1) is 5.56 Å². The van der Waals surface area contributed by atoms with Crippen molar-refractivity contribution < 1.29 is 9.90 Å². The zero-order valence-electron chi connectivity index (χ0n) is 10.7. The lowest BCUT2D eigenvalue weighted by atomic mass is 10.1.